The van der Waals surface area contributed by atoms with Gasteiger partial charge in [0.15, 0.2) is 18.3 Å². The van der Waals surface area contributed by atoms with Crippen molar-refractivity contribution in [2.45, 2.75) is 12.8 Å². The first-order valence-corrected chi connectivity index (χ1v) is 4.27. The summed E-state index contributed by atoms with van der Waals surface area (Å²) in [5, 5.41) is 0. The van der Waals surface area contributed by atoms with Crippen molar-refractivity contribution in [1.29, 1.82) is 0 Å². The largest absolute Gasteiger partial charge is 0.464 e. The van der Waals surface area contributed by atoms with Crippen LogP contribution in [0.15, 0.2) is 11.8 Å². The third-order valence-electron chi connectivity index (χ3n) is 1.71. The number of allylic oxidation sites excluding steroid dienone is 2. The molecule has 0 saturated carbocycles. The van der Waals surface area contributed by atoms with E-state index in [1.807, 2.05) is 0 Å². The lowest BCUT2D eigenvalue weighted by Gasteiger charge is -2.05. The minimum atomic E-state index is 0.0651. The fourth-order valence-electron chi connectivity index (χ4n) is 1.02. The van der Waals surface area contributed by atoms with Crippen LogP contribution >= 0.6 is 0 Å². The summed E-state index contributed by atoms with van der Waals surface area (Å²) in [5.74, 6) is 0.507. The van der Waals surface area contributed by atoms with Crippen LogP contribution in [0.3, 0.4) is 0 Å². The fraction of sp³-hybridized carbons (Fsp3) is 0.667. The predicted molar refractivity (Wildman–Crippen MR) is 46.1 cm³/mol. The molecule has 13 heavy (non-hydrogen) atoms. The highest BCUT2D eigenvalue weighted by Crippen LogP contribution is 2.14. The van der Waals surface area contributed by atoms with Gasteiger partial charge in [0.25, 0.3) is 0 Å². The number of rotatable bonds is 6. The lowest BCUT2D eigenvalue weighted by Crippen LogP contribution is -2.08. The van der Waals surface area contributed by atoms with Crippen molar-refractivity contribution in [2.24, 2.45) is 0 Å². The van der Waals surface area contributed by atoms with Crippen LogP contribution in [-0.4, -0.2) is 32.9 Å². The van der Waals surface area contributed by atoms with Gasteiger partial charge >= 0.3 is 0 Å². The molecular formula is C9H14O4. The Morgan fingerprint density at radius 2 is 2.31 bits per heavy atom. The molecule has 0 radical (unpaired) electrons. The van der Waals surface area contributed by atoms with Gasteiger partial charge in [-0.3, -0.25) is 4.79 Å². The van der Waals surface area contributed by atoms with Gasteiger partial charge in [0.1, 0.15) is 0 Å². The first-order chi connectivity index (χ1) is 6.34. The first-order valence-electron chi connectivity index (χ1n) is 4.27. The lowest BCUT2D eigenvalue weighted by molar-refractivity contribution is -0.121. The van der Waals surface area contributed by atoms with Crippen molar-refractivity contribution >= 4 is 5.78 Å². The van der Waals surface area contributed by atoms with Crippen LogP contribution in [0.1, 0.15) is 12.8 Å². The van der Waals surface area contributed by atoms with Crippen LogP contribution in [0.2, 0.25) is 0 Å². The number of hydrogen-bond acceptors (Lipinski definition) is 4. The predicted octanol–water partition coefficient (Wildman–Crippen LogP) is 0.870. The van der Waals surface area contributed by atoms with Crippen LogP contribution in [-0.2, 0) is 19.0 Å². The minimum Gasteiger partial charge on any atom is -0.464 e. The summed E-state index contributed by atoms with van der Waals surface area (Å²) in [6.07, 6.45) is 3.14. The summed E-state index contributed by atoms with van der Waals surface area (Å²) >= 11 is 0. The molecule has 4 nitrogen and oxygen atoms in total. The molecule has 0 fully saturated rings. The maximum Gasteiger partial charge on any atom is 0.197 e. The van der Waals surface area contributed by atoms with Crippen molar-refractivity contribution in [2.75, 3.05) is 27.1 Å². The lowest BCUT2D eigenvalue weighted by atomic mass is 10.3. The van der Waals surface area contributed by atoms with Gasteiger partial charge in [0.05, 0.1) is 13.2 Å². The molecule has 1 rings (SSSR count). The molecule has 0 aromatic carbocycles. The maximum atomic E-state index is 11.0. The Kier molecular flexibility index (Phi) is 4.49. The summed E-state index contributed by atoms with van der Waals surface area (Å²) in [5.41, 5.74) is 0. The van der Waals surface area contributed by atoms with E-state index >= 15 is 0 Å². The van der Waals surface area contributed by atoms with Crippen molar-refractivity contribution in [3.8, 4) is 0 Å². The summed E-state index contributed by atoms with van der Waals surface area (Å²) in [7, 11) is 1.60. The molecule has 0 atom stereocenters. The van der Waals surface area contributed by atoms with Gasteiger partial charge in [-0.2, -0.15) is 0 Å². The van der Waals surface area contributed by atoms with Crippen LogP contribution in [0, 0.1) is 0 Å². The summed E-state index contributed by atoms with van der Waals surface area (Å²) in [4.78, 5) is 11.0. The van der Waals surface area contributed by atoms with E-state index in [0.717, 1.165) is 6.42 Å². The highest BCUT2D eigenvalue weighted by molar-refractivity contribution is 5.95. The third-order valence-corrected chi connectivity index (χ3v) is 1.71. The van der Waals surface area contributed by atoms with Crippen LogP contribution < -0.4 is 0 Å². The highest BCUT2D eigenvalue weighted by Gasteiger charge is 2.15. The van der Waals surface area contributed by atoms with E-state index in [2.05, 4.69) is 0 Å². The molecule has 74 valence electrons. The zero-order valence-electron chi connectivity index (χ0n) is 7.75. The Morgan fingerprint density at radius 1 is 1.46 bits per heavy atom. The number of Topliss-reactive ketones (excluding diaryl/α,β-unsaturated/α-hetero) is 1. The molecule has 0 spiro atoms. The molecule has 1 aliphatic carbocycles. The Labute approximate surface area is 77.5 Å². The molecule has 0 bridgehead atoms. The maximum absolute atomic E-state index is 11.0. The van der Waals surface area contributed by atoms with Crippen LogP contribution in [0.25, 0.3) is 0 Å². The molecule has 1 aliphatic rings. The van der Waals surface area contributed by atoms with Gasteiger partial charge in [-0.15, -0.1) is 0 Å². The Balaban J connectivity index is 2.02. The normalized spacial score (nSPS) is 16.1. The SMILES string of the molecule is COCCOCOC1=CCCC1=O. The van der Waals surface area contributed by atoms with Crippen molar-refractivity contribution < 1.29 is 19.0 Å². The molecule has 0 amide bonds. The van der Waals surface area contributed by atoms with E-state index in [1.165, 1.54) is 0 Å². The quantitative estimate of drug-likeness (QED) is 0.456. The van der Waals surface area contributed by atoms with Gasteiger partial charge in [-0.1, -0.05) is 0 Å². The summed E-state index contributed by atoms with van der Waals surface area (Å²) in [6, 6.07) is 0. The first kappa shape index (κ1) is 10.2. The van der Waals surface area contributed by atoms with Gasteiger partial charge in [0.2, 0.25) is 0 Å². The van der Waals surface area contributed by atoms with Crippen LogP contribution in [0.5, 0.6) is 0 Å². The smallest absolute Gasteiger partial charge is 0.197 e. The molecule has 4 heteroatoms. The number of methoxy groups -OCH3 is 1. The van der Waals surface area contributed by atoms with Crippen LogP contribution in [0.4, 0.5) is 0 Å². The second kappa shape index (κ2) is 5.72. The number of ketones is 1. The van der Waals surface area contributed by atoms with E-state index in [-0.39, 0.29) is 12.6 Å². The monoisotopic (exact) mass is 186 g/mol. The number of carbonyl (C=O) groups is 1. The Morgan fingerprint density at radius 3 is 2.92 bits per heavy atom. The molecule has 0 saturated heterocycles. The topological polar surface area (TPSA) is 44.8 Å². The van der Waals surface area contributed by atoms with E-state index in [0.29, 0.717) is 25.4 Å². The number of hydrogen-bond donors (Lipinski definition) is 0. The van der Waals surface area contributed by atoms with E-state index in [1.54, 1.807) is 13.2 Å². The molecule has 0 aliphatic heterocycles. The second-order valence-electron chi connectivity index (χ2n) is 2.69. The standard InChI is InChI=1S/C9H14O4/c1-11-5-6-12-7-13-9-4-2-3-8(9)10/h4H,2-3,5-7H2,1H3. The molecule has 0 N–H and O–H groups in total. The summed E-state index contributed by atoms with van der Waals surface area (Å²) in [6.45, 7) is 1.15. The Bertz CT molecular complexity index is 198. The van der Waals surface area contributed by atoms with Crippen molar-refractivity contribution in [3.63, 3.8) is 0 Å². The fourth-order valence-corrected chi connectivity index (χ4v) is 1.02. The number of ether oxygens (including phenoxy) is 3. The van der Waals surface area contributed by atoms with Crippen molar-refractivity contribution in [1.82, 2.24) is 0 Å². The van der Waals surface area contributed by atoms with Crippen molar-refractivity contribution in [3.05, 3.63) is 11.8 Å². The summed E-state index contributed by atoms with van der Waals surface area (Å²) < 4.78 is 14.9. The molecule has 0 heterocycles. The zero-order valence-corrected chi connectivity index (χ0v) is 7.75. The molecule has 0 aromatic rings. The zero-order chi connectivity index (χ0) is 9.52. The molecular weight excluding hydrogens is 172 g/mol. The number of carbonyl (C=O) groups excluding carboxylic acids is 1. The van der Waals surface area contributed by atoms with E-state index < -0.39 is 0 Å². The van der Waals surface area contributed by atoms with E-state index in [9.17, 15) is 4.79 Å². The van der Waals surface area contributed by atoms with Gasteiger partial charge in [-0.25, -0.2) is 0 Å². The average Bonchev–Trinajstić information content (AvgIpc) is 2.52. The Hall–Kier alpha value is -0.870. The van der Waals surface area contributed by atoms with Gasteiger partial charge < -0.3 is 14.2 Å². The van der Waals surface area contributed by atoms with Gasteiger partial charge in [0, 0.05) is 13.5 Å². The minimum absolute atomic E-state index is 0.0651. The third kappa shape index (κ3) is 3.57. The average molecular weight is 186 g/mol. The highest BCUT2D eigenvalue weighted by atomic mass is 16.7. The molecule has 0 aromatic heterocycles. The molecule has 0 unspecified atom stereocenters. The van der Waals surface area contributed by atoms with Gasteiger partial charge in [-0.05, 0) is 12.5 Å². The second-order valence-corrected chi connectivity index (χ2v) is 2.69. The van der Waals surface area contributed by atoms with E-state index in [4.69, 9.17) is 14.2 Å².